The third kappa shape index (κ3) is 2.84. The molecule has 0 atom stereocenters. The van der Waals surface area contributed by atoms with Gasteiger partial charge in [0.05, 0.1) is 23.9 Å². The summed E-state index contributed by atoms with van der Waals surface area (Å²) in [5, 5.41) is 2.06. The monoisotopic (exact) mass is 328 g/mol. The van der Waals surface area contributed by atoms with E-state index >= 15 is 0 Å². The van der Waals surface area contributed by atoms with Gasteiger partial charge in [-0.05, 0) is 30.5 Å². The number of carbonyl (C=O) groups excluding carboxylic acids is 1. The van der Waals surface area contributed by atoms with Crippen molar-refractivity contribution in [1.82, 2.24) is 9.47 Å². The fourth-order valence-electron chi connectivity index (χ4n) is 2.67. The number of aromatic nitrogens is 1. The Bertz CT molecular complexity index is 835. The van der Waals surface area contributed by atoms with Crippen molar-refractivity contribution in [1.29, 1.82) is 0 Å². The van der Waals surface area contributed by atoms with Gasteiger partial charge in [0.25, 0.3) is 5.91 Å². The van der Waals surface area contributed by atoms with Crippen molar-refractivity contribution in [3.05, 3.63) is 53.0 Å². The Labute approximate surface area is 139 Å². The van der Waals surface area contributed by atoms with Gasteiger partial charge in [0.1, 0.15) is 11.4 Å². The van der Waals surface area contributed by atoms with E-state index in [0.29, 0.717) is 13.1 Å². The molecule has 120 valence electrons. The molecule has 0 unspecified atom stereocenters. The molecular weight excluding hydrogens is 308 g/mol. The van der Waals surface area contributed by atoms with Gasteiger partial charge >= 0.3 is 0 Å². The lowest BCUT2D eigenvalue weighted by molar-refractivity contribution is 0.0793. The van der Waals surface area contributed by atoms with Crippen LogP contribution in [-0.4, -0.2) is 36.1 Å². The normalized spacial score (nSPS) is 10.9. The molecule has 0 bridgehead atoms. The zero-order valence-corrected chi connectivity index (χ0v) is 14.4. The van der Waals surface area contributed by atoms with Crippen molar-refractivity contribution in [3.63, 3.8) is 0 Å². The maximum absolute atomic E-state index is 12.7. The van der Waals surface area contributed by atoms with E-state index in [4.69, 9.17) is 4.74 Å². The van der Waals surface area contributed by atoms with E-state index in [2.05, 4.69) is 16.0 Å². The minimum atomic E-state index is 0.0470. The number of thiophene rings is 1. The number of fused-ring (bicyclic) bond motifs is 1. The molecule has 0 aliphatic carbocycles. The Morgan fingerprint density at radius 2 is 2.09 bits per heavy atom. The van der Waals surface area contributed by atoms with Crippen LogP contribution >= 0.6 is 11.3 Å². The van der Waals surface area contributed by atoms with Gasteiger partial charge < -0.3 is 14.2 Å². The molecule has 0 saturated heterocycles. The summed E-state index contributed by atoms with van der Waals surface area (Å²) < 4.78 is 8.66. The van der Waals surface area contributed by atoms with Gasteiger partial charge in [-0.25, -0.2) is 0 Å². The summed E-state index contributed by atoms with van der Waals surface area (Å²) in [6, 6.07) is 12.0. The van der Waals surface area contributed by atoms with Crippen LogP contribution in [0.25, 0.3) is 10.2 Å². The Balaban J connectivity index is 2.08. The van der Waals surface area contributed by atoms with Crippen LogP contribution in [0.1, 0.15) is 23.0 Å². The highest BCUT2D eigenvalue weighted by molar-refractivity contribution is 7.17. The Morgan fingerprint density at radius 1 is 1.30 bits per heavy atom. The number of hydrogen-bond acceptors (Lipinski definition) is 3. The van der Waals surface area contributed by atoms with Crippen LogP contribution in [0.15, 0.2) is 41.8 Å². The highest BCUT2D eigenvalue weighted by atomic mass is 32.1. The molecular formula is C18H20N2O2S. The van der Waals surface area contributed by atoms with Gasteiger partial charge in [-0.15, -0.1) is 11.3 Å². The molecule has 0 aliphatic heterocycles. The Morgan fingerprint density at radius 3 is 2.83 bits per heavy atom. The van der Waals surface area contributed by atoms with Crippen molar-refractivity contribution in [3.8, 4) is 5.75 Å². The van der Waals surface area contributed by atoms with Crippen LogP contribution in [0.2, 0.25) is 0 Å². The second-order valence-electron chi connectivity index (χ2n) is 5.42. The molecule has 3 aromatic rings. The lowest BCUT2D eigenvalue weighted by Gasteiger charge is -2.17. The summed E-state index contributed by atoms with van der Waals surface area (Å²) in [4.78, 5) is 14.4. The van der Waals surface area contributed by atoms with Gasteiger partial charge in [0.15, 0.2) is 0 Å². The fourth-order valence-corrected chi connectivity index (χ4v) is 3.49. The summed E-state index contributed by atoms with van der Waals surface area (Å²) in [6.07, 6.45) is 0. The molecule has 23 heavy (non-hydrogen) atoms. The van der Waals surface area contributed by atoms with Crippen LogP contribution in [0.3, 0.4) is 0 Å². The van der Waals surface area contributed by atoms with Crippen molar-refractivity contribution < 1.29 is 9.53 Å². The first-order chi connectivity index (χ1) is 11.2. The molecule has 2 heterocycles. The highest BCUT2D eigenvalue weighted by Crippen LogP contribution is 2.28. The second kappa shape index (κ2) is 6.46. The lowest BCUT2D eigenvalue weighted by atomic mass is 10.2. The number of carbonyl (C=O) groups is 1. The van der Waals surface area contributed by atoms with E-state index in [0.717, 1.165) is 27.2 Å². The first kappa shape index (κ1) is 15.6. The first-order valence-corrected chi connectivity index (χ1v) is 8.47. The first-order valence-electron chi connectivity index (χ1n) is 7.59. The average Bonchev–Trinajstić information content (AvgIpc) is 3.16. The Kier molecular flexibility index (Phi) is 4.39. The smallest absolute Gasteiger partial charge is 0.270 e. The second-order valence-corrected chi connectivity index (χ2v) is 6.36. The zero-order valence-electron chi connectivity index (χ0n) is 13.6. The van der Waals surface area contributed by atoms with Gasteiger partial charge in [0.2, 0.25) is 0 Å². The quantitative estimate of drug-likeness (QED) is 0.713. The number of amides is 1. The minimum Gasteiger partial charge on any atom is -0.496 e. The molecule has 1 amide bonds. The molecule has 1 aromatic carbocycles. The molecule has 5 heteroatoms. The van der Waals surface area contributed by atoms with Crippen LogP contribution in [0, 0.1) is 0 Å². The number of nitrogens with zero attached hydrogens (tertiary/aromatic N) is 2. The molecule has 2 aromatic heterocycles. The summed E-state index contributed by atoms with van der Waals surface area (Å²) in [5.41, 5.74) is 2.88. The predicted octanol–water partition coefficient (Wildman–Crippen LogP) is 3.85. The van der Waals surface area contributed by atoms with Gasteiger partial charge in [-0.3, -0.25) is 4.79 Å². The van der Waals surface area contributed by atoms with E-state index in [9.17, 15) is 4.79 Å². The Hall–Kier alpha value is -2.27. The fraction of sp³-hybridized carbons (Fsp3) is 0.278. The molecule has 3 rings (SSSR count). The maximum atomic E-state index is 12.7. The van der Waals surface area contributed by atoms with Crippen molar-refractivity contribution in [2.24, 2.45) is 0 Å². The molecule has 0 N–H and O–H groups in total. The molecule has 0 aliphatic rings. The number of para-hydroxylation sites is 1. The molecule has 4 nitrogen and oxygen atoms in total. The molecule has 0 spiro atoms. The van der Waals surface area contributed by atoms with E-state index in [-0.39, 0.29) is 5.91 Å². The molecule has 0 fully saturated rings. The van der Waals surface area contributed by atoms with E-state index in [1.54, 1.807) is 23.3 Å². The standard InChI is InChI=1S/C18H20N2O2S/c1-4-19(2)18(21)15-11-17-14(9-10-23-17)20(15)12-13-7-5-6-8-16(13)22-3/h5-11H,4,12H2,1-3H3. The molecule has 0 radical (unpaired) electrons. The third-order valence-corrected chi connectivity index (χ3v) is 4.94. The van der Waals surface area contributed by atoms with Gasteiger partial charge in [-0.1, -0.05) is 18.2 Å². The minimum absolute atomic E-state index is 0.0470. The van der Waals surface area contributed by atoms with E-state index < -0.39 is 0 Å². The number of rotatable bonds is 5. The van der Waals surface area contributed by atoms with Crippen LogP contribution in [0.4, 0.5) is 0 Å². The lowest BCUT2D eigenvalue weighted by Crippen LogP contribution is -2.28. The van der Waals surface area contributed by atoms with E-state index in [1.165, 1.54) is 0 Å². The number of hydrogen-bond donors (Lipinski definition) is 0. The topological polar surface area (TPSA) is 34.5 Å². The number of benzene rings is 1. The maximum Gasteiger partial charge on any atom is 0.270 e. The zero-order chi connectivity index (χ0) is 16.4. The predicted molar refractivity (Wildman–Crippen MR) is 94.5 cm³/mol. The summed E-state index contributed by atoms with van der Waals surface area (Å²) >= 11 is 1.66. The van der Waals surface area contributed by atoms with Crippen molar-refractivity contribution in [2.75, 3.05) is 20.7 Å². The van der Waals surface area contributed by atoms with Crippen LogP contribution in [0.5, 0.6) is 5.75 Å². The summed E-state index contributed by atoms with van der Waals surface area (Å²) in [5.74, 6) is 0.887. The van der Waals surface area contributed by atoms with Gasteiger partial charge in [-0.2, -0.15) is 0 Å². The van der Waals surface area contributed by atoms with E-state index in [1.807, 2.05) is 44.3 Å². The highest BCUT2D eigenvalue weighted by Gasteiger charge is 2.19. The van der Waals surface area contributed by atoms with Crippen molar-refractivity contribution >= 4 is 27.5 Å². The number of methoxy groups -OCH3 is 1. The summed E-state index contributed by atoms with van der Waals surface area (Å²) in [6.45, 7) is 3.28. The molecule has 0 saturated carbocycles. The third-order valence-electron chi connectivity index (χ3n) is 4.08. The van der Waals surface area contributed by atoms with Gasteiger partial charge in [0, 0.05) is 19.2 Å². The van der Waals surface area contributed by atoms with Crippen LogP contribution in [-0.2, 0) is 6.54 Å². The van der Waals surface area contributed by atoms with Crippen molar-refractivity contribution in [2.45, 2.75) is 13.5 Å². The SMILES string of the molecule is CCN(C)C(=O)c1cc2sccc2n1Cc1ccccc1OC. The average molecular weight is 328 g/mol. The number of ether oxygens (including phenoxy) is 1. The summed E-state index contributed by atoms with van der Waals surface area (Å²) in [7, 11) is 3.50. The van der Waals surface area contributed by atoms with Crippen LogP contribution < -0.4 is 4.74 Å². The largest absolute Gasteiger partial charge is 0.496 e.